The lowest BCUT2D eigenvalue weighted by molar-refractivity contribution is 0.717. The number of thioether (sulfide) groups is 1. The first-order valence-corrected chi connectivity index (χ1v) is 7.49. The summed E-state index contributed by atoms with van der Waals surface area (Å²) in [5.41, 5.74) is 4.16. The molecular formula is C14H23NS. The van der Waals surface area contributed by atoms with Gasteiger partial charge in [-0.25, -0.2) is 0 Å². The van der Waals surface area contributed by atoms with Crippen LogP contribution in [0.2, 0.25) is 0 Å². The molecule has 0 bridgehead atoms. The van der Waals surface area contributed by atoms with Crippen molar-refractivity contribution in [2.45, 2.75) is 38.4 Å². The van der Waals surface area contributed by atoms with E-state index >= 15 is 0 Å². The fourth-order valence-electron chi connectivity index (χ4n) is 1.88. The fraction of sp³-hybridized carbons (Fsp3) is 0.571. The van der Waals surface area contributed by atoms with Crippen LogP contribution in [0.15, 0.2) is 18.2 Å². The first-order chi connectivity index (χ1) is 7.80. The summed E-state index contributed by atoms with van der Waals surface area (Å²) in [6.07, 6.45) is 7.31. The molecule has 0 aliphatic heterocycles. The van der Waals surface area contributed by atoms with Crippen molar-refractivity contribution >= 4 is 17.4 Å². The maximum Gasteiger partial charge on any atom is 0.0343 e. The van der Waals surface area contributed by atoms with Crippen molar-refractivity contribution in [1.29, 1.82) is 0 Å². The Labute approximate surface area is 104 Å². The summed E-state index contributed by atoms with van der Waals surface area (Å²) in [6.45, 7) is 2.25. The van der Waals surface area contributed by atoms with Gasteiger partial charge in [-0.15, -0.1) is 0 Å². The van der Waals surface area contributed by atoms with Gasteiger partial charge in [0, 0.05) is 18.5 Å². The standard InChI is InChI=1S/C14H23NS/c1-4-5-6-7-12-8-13(11-16-3)10-14(9-12)15-2/h8-10,15H,4-7,11H2,1-3H3. The van der Waals surface area contributed by atoms with Crippen LogP contribution in [0.1, 0.15) is 37.3 Å². The summed E-state index contributed by atoms with van der Waals surface area (Å²) in [4.78, 5) is 0. The highest BCUT2D eigenvalue weighted by atomic mass is 32.2. The second-order valence-electron chi connectivity index (χ2n) is 4.18. The predicted octanol–water partition coefficient (Wildman–Crippen LogP) is 4.32. The molecule has 0 spiro atoms. The average Bonchev–Trinajstić information content (AvgIpc) is 2.29. The number of rotatable bonds is 7. The lowest BCUT2D eigenvalue weighted by Gasteiger charge is -2.09. The van der Waals surface area contributed by atoms with Crippen LogP contribution in [0.3, 0.4) is 0 Å². The topological polar surface area (TPSA) is 12.0 Å². The summed E-state index contributed by atoms with van der Waals surface area (Å²) in [5, 5.41) is 3.25. The van der Waals surface area contributed by atoms with Crippen molar-refractivity contribution < 1.29 is 0 Å². The molecule has 0 saturated carbocycles. The first kappa shape index (κ1) is 13.4. The number of anilines is 1. The Morgan fingerprint density at radius 1 is 1.12 bits per heavy atom. The van der Waals surface area contributed by atoms with E-state index in [0.29, 0.717) is 0 Å². The van der Waals surface area contributed by atoms with Gasteiger partial charge in [0.15, 0.2) is 0 Å². The van der Waals surface area contributed by atoms with Crippen LogP contribution in [-0.4, -0.2) is 13.3 Å². The van der Waals surface area contributed by atoms with Gasteiger partial charge in [0.25, 0.3) is 0 Å². The third kappa shape index (κ3) is 4.48. The monoisotopic (exact) mass is 237 g/mol. The second-order valence-corrected chi connectivity index (χ2v) is 5.04. The molecule has 0 aliphatic carbocycles. The van der Waals surface area contributed by atoms with Crippen molar-refractivity contribution in [3.8, 4) is 0 Å². The molecule has 1 nitrogen and oxygen atoms in total. The van der Waals surface area contributed by atoms with E-state index < -0.39 is 0 Å². The molecule has 0 amide bonds. The van der Waals surface area contributed by atoms with Crippen LogP contribution in [-0.2, 0) is 12.2 Å². The van der Waals surface area contributed by atoms with Gasteiger partial charge in [0.05, 0.1) is 0 Å². The fourth-order valence-corrected chi connectivity index (χ4v) is 2.38. The third-order valence-corrected chi connectivity index (χ3v) is 3.34. The normalized spacial score (nSPS) is 10.4. The summed E-state index contributed by atoms with van der Waals surface area (Å²) in [6, 6.07) is 6.88. The highest BCUT2D eigenvalue weighted by Gasteiger charge is 2.00. The maximum absolute atomic E-state index is 3.25. The number of nitrogens with one attached hydrogen (secondary N) is 1. The van der Waals surface area contributed by atoms with E-state index in [1.165, 1.54) is 42.5 Å². The van der Waals surface area contributed by atoms with Crippen LogP contribution in [0, 0.1) is 0 Å². The van der Waals surface area contributed by atoms with Crippen LogP contribution in [0.25, 0.3) is 0 Å². The van der Waals surface area contributed by atoms with Gasteiger partial charge >= 0.3 is 0 Å². The van der Waals surface area contributed by atoms with Gasteiger partial charge in [-0.3, -0.25) is 0 Å². The van der Waals surface area contributed by atoms with Gasteiger partial charge in [-0.05, 0) is 42.4 Å². The molecule has 0 atom stereocenters. The molecule has 2 heteroatoms. The maximum atomic E-state index is 3.25. The number of aryl methyl sites for hydroxylation is 1. The zero-order valence-electron chi connectivity index (χ0n) is 10.7. The highest BCUT2D eigenvalue weighted by molar-refractivity contribution is 7.97. The Morgan fingerprint density at radius 3 is 2.50 bits per heavy atom. The van der Waals surface area contributed by atoms with E-state index in [9.17, 15) is 0 Å². The van der Waals surface area contributed by atoms with Crippen molar-refractivity contribution in [1.82, 2.24) is 0 Å². The van der Waals surface area contributed by atoms with Crippen molar-refractivity contribution in [3.05, 3.63) is 29.3 Å². The number of benzene rings is 1. The van der Waals surface area contributed by atoms with Gasteiger partial charge in [0.1, 0.15) is 0 Å². The predicted molar refractivity (Wildman–Crippen MR) is 76.4 cm³/mol. The Bertz CT molecular complexity index is 310. The van der Waals surface area contributed by atoms with E-state index in [0.717, 1.165) is 5.75 Å². The quantitative estimate of drug-likeness (QED) is 0.709. The van der Waals surface area contributed by atoms with E-state index in [1.54, 1.807) is 0 Å². The molecule has 0 fully saturated rings. The summed E-state index contributed by atoms with van der Waals surface area (Å²) in [7, 11) is 1.99. The van der Waals surface area contributed by atoms with Gasteiger partial charge < -0.3 is 5.32 Å². The zero-order chi connectivity index (χ0) is 11.8. The Hall–Kier alpha value is -0.630. The van der Waals surface area contributed by atoms with Crippen LogP contribution in [0.4, 0.5) is 5.69 Å². The van der Waals surface area contributed by atoms with E-state index in [2.05, 4.69) is 36.7 Å². The molecule has 1 rings (SSSR count). The molecule has 16 heavy (non-hydrogen) atoms. The molecule has 0 radical (unpaired) electrons. The highest BCUT2D eigenvalue weighted by Crippen LogP contribution is 2.19. The number of unbranched alkanes of at least 4 members (excludes halogenated alkanes) is 2. The SMILES string of the molecule is CCCCCc1cc(CSC)cc(NC)c1. The summed E-state index contributed by atoms with van der Waals surface area (Å²) < 4.78 is 0. The molecule has 90 valence electrons. The second kappa shape index (κ2) is 7.61. The van der Waals surface area contributed by atoms with Gasteiger partial charge in [0.2, 0.25) is 0 Å². The van der Waals surface area contributed by atoms with Crippen LogP contribution < -0.4 is 5.32 Å². The molecule has 0 aliphatic rings. The van der Waals surface area contributed by atoms with Crippen molar-refractivity contribution in [2.75, 3.05) is 18.6 Å². The van der Waals surface area contributed by atoms with Crippen molar-refractivity contribution in [3.63, 3.8) is 0 Å². The minimum absolute atomic E-state index is 1.11. The van der Waals surface area contributed by atoms with Gasteiger partial charge in [-0.2, -0.15) is 11.8 Å². The molecule has 1 N–H and O–H groups in total. The minimum atomic E-state index is 1.11. The van der Waals surface area contributed by atoms with E-state index in [1.807, 2.05) is 18.8 Å². The lowest BCUT2D eigenvalue weighted by atomic mass is 10.0. The molecular weight excluding hydrogens is 214 g/mol. The molecule has 0 aromatic heterocycles. The largest absolute Gasteiger partial charge is 0.388 e. The third-order valence-electron chi connectivity index (χ3n) is 2.72. The molecule has 0 heterocycles. The average molecular weight is 237 g/mol. The smallest absolute Gasteiger partial charge is 0.0343 e. The van der Waals surface area contributed by atoms with Crippen LogP contribution >= 0.6 is 11.8 Å². The lowest BCUT2D eigenvalue weighted by Crippen LogP contribution is -1.94. The number of hydrogen-bond acceptors (Lipinski definition) is 2. The molecule has 0 saturated heterocycles. The summed E-state index contributed by atoms with van der Waals surface area (Å²) in [5.74, 6) is 1.11. The van der Waals surface area contributed by atoms with E-state index in [-0.39, 0.29) is 0 Å². The van der Waals surface area contributed by atoms with E-state index in [4.69, 9.17) is 0 Å². The molecule has 1 aromatic rings. The Balaban J connectivity index is 2.69. The Morgan fingerprint density at radius 2 is 1.88 bits per heavy atom. The molecule has 1 aromatic carbocycles. The summed E-state index contributed by atoms with van der Waals surface area (Å²) >= 11 is 1.88. The minimum Gasteiger partial charge on any atom is -0.388 e. The number of hydrogen-bond donors (Lipinski definition) is 1. The first-order valence-electron chi connectivity index (χ1n) is 6.09. The Kier molecular flexibility index (Phi) is 6.39. The van der Waals surface area contributed by atoms with Gasteiger partial charge in [-0.1, -0.05) is 25.8 Å². The van der Waals surface area contributed by atoms with Crippen LogP contribution in [0.5, 0.6) is 0 Å². The van der Waals surface area contributed by atoms with Crippen molar-refractivity contribution in [2.24, 2.45) is 0 Å². The zero-order valence-corrected chi connectivity index (χ0v) is 11.5. The molecule has 0 unspecified atom stereocenters.